The number of benzene rings is 2. The summed E-state index contributed by atoms with van der Waals surface area (Å²) in [6, 6.07) is 22.7. The molecule has 2 aromatic rings. The minimum Gasteiger partial charge on any atom is -0.137 e. The van der Waals surface area contributed by atoms with E-state index in [9.17, 15) is 0 Å². The summed E-state index contributed by atoms with van der Waals surface area (Å²) in [6.07, 6.45) is 11.2. The fraction of sp³-hybridized carbons (Fsp3) is 0.429. The van der Waals surface area contributed by atoms with Crippen LogP contribution in [-0.4, -0.2) is 0 Å². The maximum absolute atomic E-state index is 2.37. The lowest BCUT2D eigenvalue weighted by molar-refractivity contribution is 0.575. The molecule has 0 aromatic heterocycles. The Bertz CT molecular complexity index is 873. The lowest BCUT2D eigenvalue weighted by Crippen LogP contribution is -2.03. The Balaban J connectivity index is 1.37. The standard InChI is InChI=1S/C28H30S/c1-3-11-19(12-4-1)27(25-21-15-7-8-16-22(21)25)29-28(20-13-5-2-6-14-20)26-23-17-9-10-18-24(23)26/h1-6,11-14,21,23,27-28H,7-10,15-18H2. The van der Waals surface area contributed by atoms with Crippen molar-refractivity contribution in [3.63, 3.8) is 0 Å². The Labute approximate surface area is 179 Å². The third kappa shape index (κ3) is 3.32. The lowest BCUT2D eigenvalue weighted by atomic mass is 9.98. The molecule has 148 valence electrons. The van der Waals surface area contributed by atoms with Gasteiger partial charge in [0.25, 0.3) is 0 Å². The van der Waals surface area contributed by atoms with Gasteiger partial charge in [-0.15, -0.1) is 11.8 Å². The summed E-state index contributed by atoms with van der Waals surface area (Å²) < 4.78 is 0. The second-order valence-electron chi connectivity index (χ2n) is 9.28. The monoisotopic (exact) mass is 398 g/mol. The smallest absolute Gasteiger partial charge is 0.0524 e. The molecule has 0 bridgehead atoms. The highest BCUT2D eigenvalue weighted by molar-refractivity contribution is 8.00. The number of hydrogen-bond acceptors (Lipinski definition) is 1. The van der Waals surface area contributed by atoms with Crippen LogP contribution in [0.4, 0.5) is 0 Å². The minimum atomic E-state index is 0.537. The highest BCUT2D eigenvalue weighted by Crippen LogP contribution is 2.65. The van der Waals surface area contributed by atoms with Crippen LogP contribution >= 0.6 is 11.8 Å². The molecule has 0 amide bonds. The van der Waals surface area contributed by atoms with E-state index < -0.39 is 0 Å². The molecule has 6 rings (SSSR count). The van der Waals surface area contributed by atoms with Crippen LogP contribution in [-0.2, 0) is 0 Å². The molecular weight excluding hydrogens is 368 g/mol. The molecule has 1 heteroatoms. The largest absolute Gasteiger partial charge is 0.137 e. The highest BCUT2D eigenvalue weighted by Gasteiger charge is 2.47. The molecule has 0 aliphatic heterocycles. The molecule has 4 aliphatic carbocycles. The van der Waals surface area contributed by atoms with Gasteiger partial charge < -0.3 is 0 Å². The van der Waals surface area contributed by atoms with Crippen LogP contribution in [0.2, 0.25) is 0 Å². The van der Waals surface area contributed by atoms with Crippen molar-refractivity contribution in [2.24, 2.45) is 11.8 Å². The molecule has 0 N–H and O–H groups in total. The second kappa shape index (κ2) is 7.51. The normalized spacial score (nSPS) is 27.2. The number of allylic oxidation sites excluding steroid dienone is 2. The van der Waals surface area contributed by atoms with Gasteiger partial charge in [-0.25, -0.2) is 0 Å². The van der Waals surface area contributed by atoms with Crippen LogP contribution in [0, 0.1) is 11.8 Å². The topological polar surface area (TPSA) is 0 Å². The van der Waals surface area contributed by atoms with Gasteiger partial charge in [0.15, 0.2) is 0 Å². The molecule has 4 unspecified atom stereocenters. The summed E-state index contributed by atoms with van der Waals surface area (Å²) in [6.45, 7) is 0. The van der Waals surface area contributed by atoms with E-state index in [-0.39, 0.29) is 0 Å². The van der Waals surface area contributed by atoms with Gasteiger partial charge >= 0.3 is 0 Å². The molecule has 0 saturated heterocycles. The summed E-state index contributed by atoms with van der Waals surface area (Å²) >= 11 is 2.25. The first-order valence-electron chi connectivity index (χ1n) is 11.6. The van der Waals surface area contributed by atoms with Crippen molar-refractivity contribution in [3.8, 4) is 0 Å². The van der Waals surface area contributed by atoms with Gasteiger partial charge in [-0.3, -0.25) is 0 Å². The summed E-state index contributed by atoms with van der Waals surface area (Å²) in [4.78, 5) is 0. The van der Waals surface area contributed by atoms with Crippen LogP contribution < -0.4 is 0 Å². The van der Waals surface area contributed by atoms with E-state index in [4.69, 9.17) is 0 Å². The first kappa shape index (κ1) is 18.1. The van der Waals surface area contributed by atoms with Gasteiger partial charge in [0.05, 0.1) is 10.5 Å². The quantitative estimate of drug-likeness (QED) is 0.442. The number of hydrogen-bond donors (Lipinski definition) is 0. The molecule has 29 heavy (non-hydrogen) atoms. The van der Waals surface area contributed by atoms with Crippen molar-refractivity contribution in [2.75, 3.05) is 0 Å². The van der Waals surface area contributed by atoms with Crippen molar-refractivity contribution in [1.82, 2.24) is 0 Å². The summed E-state index contributed by atoms with van der Waals surface area (Å²) in [5.74, 6) is 1.66. The average molecular weight is 399 g/mol. The van der Waals surface area contributed by atoms with Crippen molar-refractivity contribution < 1.29 is 0 Å². The van der Waals surface area contributed by atoms with Crippen LogP contribution in [0.25, 0.3) is 0 Å². The maximum Gasteiger partial charge on any atom is 0.0524 e. The first-order chi connectivity index (χ1) is 14.4. The fourth-order valence-corrected chi connectivity index (χ4v) is 7.89. The fourth-order valence-electron chi connectivity index (χ4n) is 6.06. The van der Waals surface area contributed by atoms with Gasteiger partial charge in [-0.05, 0) is 60.8 Å². The molecule has 0 radical (unpaired) electrons. The molecule has 4 atom stereocenters. The van der Waals surface area contributed by atoms with Crippen molar-refractivity contribution in [2.45, 2.75) is 61.9 Å². The van der Waals surface area contributed by atoms with Crippen molar-refractivity contribution in [1.29, 1.82) is 0 Å². The predicted molar refractivity (Wildman–Crippen MR) is 124 cm³/mol. The molecule has 0 heterocycles. The van der Waals surface area contributed by atoms with E-state index in [1.165, 1.54) is 62.5 Å². The Morgan fingerprint density at radius 1 is 0.586 bits per heavy atom. The maximum atomic E-state index is 2.37. The van der Waals surface area contributed by atoms with Gasteiger partial charge in [0.2, 0.25) is 0 Å². The first-order valence-corrected chi connectivity index (χ1v) is 12.6. The number of fused-ring (bicyclic) bond motifs is 2. The van der Waals surface area contributed by atoms with Crippen LogP contribution in [0.3, 0.4) is 0 Å². The minimum absolute atomic E-state index is 0.537. The molecule has 2 fully saturated rings. The Morgan fingerprint density at radius 2 is 1.03 bits per heavy atom. The van der Waals surface area contributed by atoms with E-state index in [1.54, 1.807) is 11.1 Å². The molecule has 0 spiro atoms. The Hall–Kier alpha value is -1.73. The highest BCUT2D eigenvalue weighted by atomic mass is 32.2. The molecule has 0 nitrogen and oxygen atoms in total. The second-order valence-corrected chi connectivity index (χ2v) is 10.5. The summed E-state index contributed by atoms with van der Waals surface area (Å²) in [5.41, 5.74) is 10.3. The van der Waals surface area contributed by atoms with Crippen LogP contribution in [0.5, 0.6) is 0 Å². The molecule has 4 aliphatic rings. The van der Waals surface area contributed by atoms with E-state index in [2.05, 4.69) is 72.4 Å². The van der Waals surface area contributed by atoms with E-state index in [0.29, 0.717) is 10.5 Å². The van der Waals surface area contributed by atoms with Gasteiger partial charge in [-0.1, -0.05) is 84.7 Å². The van der Waals surface area contributed by atoms with Gasteiger partial charge in [0.1, 0.15) is 0 Å². The average Bonchev–Trinajstić information content (AvgIpc) is 3.70. The predicted octanol–water partition coefficient (Wildman–Crippen LogP) is 8.20. The Kier molecular flexibility index (Phi) is 4.68. The zero-order valence-electron chi connectivity index (χ0n) is 17.1. The lowest BCUT2D eigenvalue weighted by Gasteiger charge is -2.23. The number of rotatable bonds is 6. The molecule has 2 aromatic carbocycles. The van der Waals surface area contributed by atoms with Crippen molar-refractivity contribution >= 4 is 11.8 Å². The third-order valence-electron chi connectivity index (χ3n) is 7.59. The zero-order chi connectivity index (χ0) is 19.2. The summed E-state index contributed by atoms with van der Waals surface area (Å²) in [5, 5.41) is 1.07. The molecule has 2 saturated carbocycles. The third-order valence-corrected chi connectivity index (χ3v) is 9.18. The number of thioether (sulfide) groups is 1. The SMILES string of the molecule is c1ccc(C(SC(C2=C3CCCCC32)c2ccccc2)C2=C3CCCCC32)cc1. The van der Waals surface area contributed by atoms with Crippen molar-refractivity contribution in [3.05, 3.63) is 94.1 Å². The zero-order valence-corrected chi connectivity index (χ0v) is 18.0. The van der Waals surface area contributed by atoms with Crippen LogP contribution in [0.1, 0.15) is 73.0 Å². The Morgan fingerprint density at radius 3 is 1.41 bits per heavy atom. The van der Waals surface area contributed by atoms with E-state index in [0.717, 1.165) is 11.8 Å². The van der Waals surface area contributed by atoms with E-state index in [1.807, 2.05) is 11.1 Å². The molecular formula is C28H30S. The van der Waals surface area contributed by atoms with Crippen LogP contribution in [0.15, 0.2) is 83.0 Å². The van der Waals surface area contributed by atoms with Gasteiger partial charge in [0, 0.05) is 11.8 Å². The van der Waals surface area contributed by atoms with E-state index >= 15 is 0 Å². The van der Waals surface area contributed by atoms with Gasteiger partial charge in [-0.2, -0.15) is 0 Å². The summed E-state index contributed by atoms with van der Waals surface area (Å²) in [7, 11) is 0.